The van der Waals surface area contributed by atoms with Crippen molar-refractivity contribution >= 4 is 5.69 Å². The van der Waals surface area contributed by atoms with E-state index in [1.165, 1.54) is 0 Å². The molecule has 5 nitrogen and oxygen atoms in total. The summed E-state index contributed by atoms with van der Waals surface area (Å²) < 4.78 is 26.9. The number of hydrogen-bond acceptors (Lipinski definition) is 4. The fraction of sp³-hybridized carbons (Fsp3) is 0.571. The lowest BCUT2D eigenvalue weighted by Gasteiger charge is -2.31. The lowest BCUT2D eigenvalue weighted by Crippen LogP contribution is -2.42. The van der Waals surface area contributed by atoms with E-state index in [0.717, 1.165) is 38.5 Å². The van der Waals surface area contributed by atoms with Gasteiger partial charge in [0.1, 0.15) is 5.82 Å². The molecule has 1 aromatic rings. The molecule has 0 saturated carbocycles. The quantitative estimate of drug-likeness (QED) is 0.670. The number of nitrogens with zero attached hydrogens (tertiary/aromatic N) is 2. The van der Waals surface area contributed by atoms with Crippen LogP contribution in [0.2, 0.25) is 0 Å². The highest BCUT2D eigenvalue weighted by Crippen LogP contribution is 2.22. The average molecular weight is 299 g/mol. The van der Waals surface area contributed by atoms with E-state index in [4.69, 9.17) is 0 Å². The van der Waals surface area contributed by atoms with Gasteiger partial charge in [-0.2, -0.15) is 4.39 Å². The Hall–Kier alpha value is -1.60. The lowest BCUT2D eigenvalue weighted by atomic mass is 10.0. The number of benzene rings is 1. The predicted octanol–water partition coefficient (Wildman–Crippen LogP) is 2.45. The molecule has 2 rings (SSSR count). The van der Waals surface area contributed by atoms with Crippen LogP contribution in [0, 0.1) is 21.7 Å². The maximum Gasteiger partial charge on any atom is 0.305 e. The maximum absolute atomic E-state index is 13.7. The van der Waals surface area contributed by atoms with Gasteiger partial charge in [0.05, 0.1) is 4.92 Å². The molecule has 1 saturated heterocycles. The Balaban J connectivity index is 1.97. The molecule has 0 radical (unpaired) electrons. The summed E-state index contributed by atoms with van der Waals surface area (Å²) in [5, 5.41) is 13.9. The summed E-state index contributed by atoms with van der Waals surface area (Å²) in [7, 11) is 0. The Labute approximate surface area is 122 Å². The Bertz CT molecular complexity index is 517. The molecule has 1 N–H and O–H groups in total. The molecule has 0 bridgehead atoms. The highest BCUT2D eigenvalue weighted by Gasteiger charge is 2.21. The number of hydrogen-bond donors (Lipinski definition) is 1. The Morgan fingerprint density at radius 1 is 1.33 bits per heavy atom. The van der Waals surface area contributed by atoms with Gasteiger partial charge in [-0.3, -0.25) is 10.1 Å². The predicted molar refractivity (Wildman–Crippen MR) is 75.0 cm³/mol. The van der Waals surface area contributed by atoms with E-state index in [2.05, 4.69) is 17.1 Å². The number of likely N-dealkylation sites (tertiary alicyclic amines) is 1. The molecular weight excluding hydrogens is 280 g/mol. The second kappa shape index (κ2) is 6.91. The molecule has 116 valence electrons. The van der Waals surface area contributed by atoms with E-state index < -0.39 is 22.2 Å². The van der Waals surface area contributed by atoms with Crippen molar-refractivity contribution in [2.45, 2.75) is 32.4 Å². The topological polar surface area (TPSA) is 58.4 Å². The zero-order valence-corrected chi connectivity index (χ0v) is 11.9. The summed E-state index contributed by atoms with van der Waals surface area (Å²) in [6.07, 6.45) is 1.91. The molecule has 0 unspecified atom stereocenters. The second-order valence-corrected chi connectivity index (χ2v) is 5.24. The van der Waals surface area contributed by atoms with E-state index in [0.29, 0.717) is 6.07 Å². The summed E-state index contributed by atoms with van der Waals surface area (Å²) in [6, 6.07) is 1.81. The molecule has 21 heavy (non-hydrogen) atoms. The van der Waals surface area contributed by atoms with Gasteiger partial charge in [-0.15, -0.1) is 0 Å². The molecule has 0 aromatic heterocycles. The van der Waals surface area contributed by atoms with Gasteiger partial charge in [-0.05, 0) is 32.5 Å². The minimum absolute atomic E-state index is 0.126. The fourth-order valence-electron chi connectivity index (χ4n) is 2.56. The van der Waals surface area contributed by atoms with Crippen molar-refractivity contribution < 1.29 is 13.7 Å². The normalized spacial score (nSPS) is 17.1. The summed E-state index contributed by atoms with van der Waals surface area (Å²) >= 11 is 0. The molecule has 1 aliphatic rings. The number of rotatable bonds is 5. The molecule has 0 atom stereocenters. The Morgan fingerprint density at radius 2 is 2.00 bits per heavy atom. The molecule has 1 fully saturated rings. The summed E-state index contributed by atoms with van der Waals surface area (Å²) in [5.41, 5.74) is -0.560. The van der Waals surface area contributed by atoms with Crippen molar-refractivity contribution in [3.8, 4) is 0 Å². The first kappa shape index (κ1) is 15.8. The minimum Gasteiger partial charge on any atom is -0.310 e. The van der Waals surface area contributed by atoms with Crippen LogP contribution >= 0.6 is 0 Å². The Kier molecular flexibility index (Phi) is 5.19. The van der Waals surface area contributed by atoms with Crippen molar-refractivity contribution in [1.82, 2.24) is 10.2 Å². The van der Waals surface area contributed by atoms with Crippen LogP contribution in [0.15, 0.2) is 12.1 Å². The summed E-state index contributed by atoms with van der Waals surface area (Å²) in [4.78, 5) is 12.2. The van der Waals surface area contributed by atoms with Crippen LogP contribution in [0.3, 0.4) is 0 Å². The van der Waals surface area contributed by atoms with Gasteiger partial charge in [-0.25, -0.2) is 4.39 Å². The maximum atomic E-state index is 13.7. The van der Waals surface area contributed by atoms with Gasteiger partial charge in [0.2, 0.25) is 5.82 Å². The number of nitrogens with one attached hydrogen (secondary N) is 1. The smallest absolute Gasteiger partial charge is 0.305 e. The van der Waals surface area contributed by atoms with Gasteiger partial charge >= 0.3 is 5.69 Å². The van der Waals surface area contributed by atoms with Gasteiger partial charge in [0, 0.05) is 30.3 Å². The monoisotopic (exact) mass is 299 g/mol. The third-order valence-corrected chi connectivity index (χ3v) is 3.93. The van der Waals surface area contributed by atoms with Crippen molar-refractivity contribution in [1.29, 1.82) is 0 Å². The first-order valence-electron chi connectivity index (χ1n) is 7.09. The summed E-state index contributed by atoms with van der Waals surface area (Å²) in [6.45, 7) is 5.27. The average Bonchev–Trinajstić information content (AvgIpc) is 2.46. The van der Waals surface area contributed by atoms with Crippen LogP contribution in [0.4, 0.5) is 14.5 Å². The minimum atomic E-state index is -1.14. The van der Waals surface area contributed by atoms with E-state index >= 15 is 0 Å². The molecule has 0 amide bonds. The molecule has 0 spiro atoms. The highest BCUT2D eigenvalue weighted by atomic mass is 19.1. The lowest BCUT2D eigenvalue weighted by molar-refractivity contribution is -0.387. The number of halogens is 2. The molecule has 7 heteroatoms. The van der Waals surface area contributed by atoms with Crippen LogP contribution < -0.4 is 5.32 Å². The van der Waals surface area contributed by atoms with Crippen molar-refractivity contribution in [2.24, 2.45) is 0 Å². The fourth-order valence-corrected chi connectivity index (χ4v) is 2.56. The standard InChI is InChI=1S/C14H19F2N3O2/c1-2-18-5-3-11(4-6-18)17-9-10-7-14(19(20)21)13(16)8-12(10)15/h7-8,11,17H,2-6,9H2,1H3. The first-order chi connectivity index (χ1) is 10.0. The van der Waals surface area contributed by atoms with E-state index in [1.807, 2.05) is 0 Å². The van der Waals surface area contributed by atoms with Gasteiger partial charge < -0.3 is 10.2 Å². The van der Waals surface area contributed by atoms with Crippen LogP contribution in [-0.4, -0.2) is 35.5 Å². The van der Waals surface area contributed by atoms with Crippen LogP contribution in [0.25, 0.3) is 0 Å². The van der Waals surface area contributed by atoms with Gasteiger partial charge in [0.15, 0.2) is 0 Å². The van der Waals surface area contributed by atoms with Gasteiger partial charge in [-0.1, -0.05) is 6.92 Å². The van der Waals surface area contributed by atoms with Crippen LogP contribution in [0.5, 0.6) is 0 Å². The van der Waals surface area contributed by atoms with Crippen LogP contribution in [0.1, 0.15) is 25.3 Å². The van der Waals surface area contributed by atoms with Crippen molar-refractivity contribution in [3.05, 3.63) is 39.4 Å². The molecule has 1 aliphatic heterocycles. The SMILES string of the molecule is CCN1CCC(NCc2cc([N+](=O)[O-])c(F)cc2F)CC1. The zero-order valence-electron chi connectivity index (χ0n) is 11.9. The molecule has 1 heterocycles. The van der Waals surface area contributed by atoms with Crippen molar-refractivity contribution in [3.63, 3.8) is 0 Å². The van der Waals surface area contributed by atoms with E-state index in [1.54, 1.807) is 0 Å². The van der Waals surface area contributed by atoms with Gasteiger partial charge in [0.25, 0.3) is 0 Å². The second-order valence-electron chi connectivity index (χ2n) is 5.24. The number of piperidine rings is 1. The Morgan fingerprint density at radius 3 is 2.57 bits per heavy atom. The summed E-state index contributed by atoms with van der Waals surface area (Å²) in [5.74, 6) is -1.89. The van der Waals surface area contributed by atoms with E-state index in [-0.39, 0.29) is 18.2 Å². The first-order valence-corrected chi connectivity index (χ1v) is 7.09. The van der Waals surface area contributed by atoms with E-state index in [9.17, 15) is 18.9 Å². The zero-order chi connectivity index (χ0) is 15.4. The highest BCUT2D eigenvalue weighted by molar-refractivity contribution is 5.37. The van der Waals surface area contributed by atoms with Crippen molar-refractivity contribution in [2.75, 3.05) is 19.6 Å². The largest absolute Gasteiger partial charge is 0.310 e. The third kappa shape index (κ3) is 3.95. The molecular formula is C14H19F2N3O2. The molecule has 0 aliphatic carbocycles. The number of nitro groups is 1. The third-order valence-electron chi connectivity index (χ3n) is 3.93. The molecule has 1 aromatic carbocycles. The van der Waals surface area contributed by atoms with Crippen LogP contribution in [-0.2, 0) is 6.54 Å². The number of nitro benzene ring substituents is 1.